The molecule has 110 valence electrons. The molecule has 0 fully saturated rings. The van der Waals surface area contributed by atoms with Crippen LogP contribution in [0.4, 0.5) is 0 Å². The summed E-state index contributed by atoms with van der Waals surface area (Å²) in [6, 6.07) is 3.86. The van der Waals surface area contributed by atoms with Crippen molar-refractivity contribution >= 4 is 11.3 Å². The predicted octanol–water partition coefficient (Wildman–Crippen LogP) is 3.77. The molecule has 0 aliphatic rings. The summed E-state index contributed by atoms with van der Waals surface area (Å²) in [6.45, 7) is 12.7. The Labute approximate surface area is 124 Å². The highest BCUT2D eigenvalue weighted by Gasteiger charge is 2.26. The lowest BCUT2D eigenvalue weighted by Crippen LogP contribution is -2.15. The van der Waals surface area contributed by atoms with Gasteiger partial charge < -0.3 is 10.3 Å². The number of rotatable bonds is 2. The Bertz CT molecular complexity index is 535. The molecule has 2 aromatic rings. The molecule has 0 saturated carbocycles. The summed E-state index contributed by atoms with van der Waals surface area (Å²) in [5, 5.41) is 4.03. The van der Waals surface area contributed by atoms with Crippen LogP contribution >= 0.6 is 11.3 Å². The van der Waals surface area contributed by atoms with Crippen molar-refractivity contribution < 1.29 is 4.52 Å². The zero-order chi connectivity index (χ0) is 15.1. The molecule has 0 aromatic carbocycles. The SMILES string of the molecule is CC(C)(C)c1nc(C(N)c2ccc(C(C)(C)C)s2)no1. The standard InChI is InChI=1S/C15H23N3OS/c1-14(2,3)10-8-7-9(20-10)11(16)12-17-13(19-18-12)15(4,5)6/h7-8,11H,16H2,1-6H3. The average molecular weight is 293 g/mol. The van der Waals surface area contributed by atoms with Crippen molar-refractivity contribution in [1.82, 2.24) is 10.1 Å². The van der Waals surface area contributed by atoms with E-state index < -0.39 is 0 Å². The molecule has 0 radical (unpaired) electrons. The van der Waals surface area contributed by atoms with E-state index in [0.717, 1.165) is 4.88 Å². The Kier molecular flexibility index (Phi) is 3.77. The summed E-state index contributed by atoms with van der Waals surface area (Å²) in [4.78, 5) is 6.81. The zero-order valence-corrected chi connectivity index (χ0v) is 13.8. The largest absolute Gasteiger partial charge is 0.339 e. The summed E-state index contributed by atoms with van der Waals surface area (Å²) >= 11 is 1.71. The van der Waals surface area contributed by atoms with Gasteiger partial charge in [-0.05, 0) is 17.5 Å². The highest BCUT2D eigenvalue weighted by molar-refractivity contribution is 7.12. The van der Waals surface area contributed by atoms with Crippen LogP contribution in [0.1, 0.15) is 69.1 Å². The normalized spacial score (nSPS) is 14.6. The fourth-order valence-corrected chi connectivity index (χ4v) is 2.78. The quantitative estimate of drug-likeness (QED) is 0.915. The van der Waals surface area contributed by atoms with Crippen molar-refractivity contribution in [3.05, 3.63) is 33.6 Å². The Morgan fingerprint density at radius 3 is 2.20 bits per heavy atom. The van der Waals surface area contributed by atoms with Gasteiger partial charge in [-0.1, -0.05) is 46.7 Å². The third kappa shape index (κ3) is 3.10. The first-order valence-corrected chi connectivity index (χ1v) is 7.60. The Hall–Kier alpha value is -1.20. The summed E-state index contributed by atoms with van der Waals surface area (Å²) in [7, 11) is 0. The van der Waals surface area contributed by atoms with Crippen LogP contribution in [-0.2, 0) is 10.8 Å². The van der Waals surface area contributed by atoms with Crippen molar-refractivity contribution in [3.63, 3.8) is 0 Å². The minimum atomic E-state index is -0.323. The lowest BCUT2D eigenvalue weighted by atomic mass is 9.95. The molecule has 2 N–H and O–H groups in total. The van der Waals surface area contributed by atoms with Crippen LogP contribution in [0.2, 0.25) is 0 Å². The summed E-state index contributed by atoms with van der Waals surface area (Å²) < 4.78 is 5.31. The highest BCUT2D eigenvalue weighted by atomic mass is 32.1. The fraction of sp³-hybridized carbons (Fsp3) is 0.600. The van der Waals surface area contributed by atoms with Gasteiger partial charge in [-0.2, -0.15) is 4.98 Å². The van der Waals surface area contributed by atoms with E-state index in [1.165, 1.54) is 4.88 Å². The molecular formula is C15H23N3OS. The molecule has 0 saturated heterocycles. The molecule has 1 unspecified atom stereocenters. The number of hydrogen-bond donors (Lipinski definition) is 1. The maximum absolute atomic E-state index is 6.25. The lowest BCUT2D eigenvalue weighted by Gasteiger charge is -2.15. The van der Waals surface area contributed by atoms with Gasteiger partial charge in [0.15, 0.2) is 5.82 Å². The van der Waals surface area contributed by atoms with Gasteiger partial charge in [-0.25, -0.2) is 0 Å². The van der Waals surface area contributed by atoms with E-state index in [0.29, 0.717) is 11.7 Å². The van der Waals surface area contributed by atoms with Crippen molar-refractivity contribution in [2.24, 2.45) is 5.73 Å². The monoisotopic (exact) mass is 293 g/mol. The van der Waals surface area contributed by atoms with E-state index in [-0.39, 0.29) is 16.9 Å². The molecule has 0 aliphatic carbocycles. The van der Waals surface area contributed by atoms with Gasteiger partial charge in [0.25, 0.3) is 0 Å². The third-order valence-electron chi connectivity index (χ3n) is 3.03. The molecule has 4 nitrogen and oxygen atoms in total. The van der Waals surface area contributed by atoms with E-state index in [1.54, 1.807) is 11.3 Å². The van der Waals surface area contributed by atoms with E-state index in [9.17, 15) is 0 Å². The van der Waals surface area contributed by atoms with Crippen molar-refractivity contribution in [1.29, 1.82) is 0 Å². The van der Waals surface area contributed by atoms with Crippen LogP contribution in [-0.4, -0.2) is 10.1 Å². The van der Waals surface area contributed by atoms with E-state index in [4.69, 9.17) is 10.3 Å². The van der Waals surface area contributed by atoms with Crippen molar-refractivity contribution in [2.75, 3.05) is 0 Å². The van der Waals surface area contributed by atoms with Gasteiger partial charge in [0, 0.05) is 15.2 Å². The molecule has 0 aliphatic heterocycles. The summed E-state index contributed by atoms with van der Waals surface area (Å²) in [5.41, 5.74) is 6.23. The van der Waals surface area contributed by atoms with Crippen molar-refractivity contribution in [2.45, 2.75) is 58.4 Å². The minimum Gasteiger partial charge on any atom is -0.339 e. The molecule has 5 heteroatoms. The second kappa shape index (κ2) is 4.97. The number of aromatic nitrogens is 2. The molecule has 2 heterocycles. The number of nitrogens with zero attached hydrogens (tertiary/aromatic N) is 2. The molecule has 0 spiro atoms. The molecule has 20 heavy (non-hydrogen) atoms. The minimum absolute atomic E-state index is 0.135. The highest BCUT2D eigenvalue weighted by Crippen LogP contribution is 2.33. The van der Waals surface area contributed by atoms with Gasteiger partial charge in [-0.15, -0.1) is 11.3 Å². The van der Waals surface area contributed by atoms with Gasteiger partial charge in [0.1, 0.15) is 6.04 Å². The first-order valence-electron chi connectivity index (χ1n) is 6.79. The van der Waals surface area contributed by atoms with Crippen LogP contribution < -0.4 is 5.73 Å². The zero-order valence-electron chi connectivity index (χ0n) is 13.0. The maximum atomic E-state index is 6.25. The first kappa shape index (κ1) is 15.2. The first-order chi connectivity index (χ1) is 9.09. The van der Waals surface area contributed by atoms with E-state index >= 15 is 0 Å². The fourth-order valence-electron chi connectivity index (χ4n) is 1.72. The predicted molar refractivity (Wildman–Crippen MR) is 82.0 cm³/mol. The van der Waals surface area contributed by atoms with Crippen LogP contribution in [0.5, 0.6) is 0 Å². The van der Waals surface area contributed by atoms with Gasteiger partial charge >= 0.3 is 0 Å². The molecular weight excluding hydrogens is 270 g/mol. The summed E-state index contributed by atoms with van der Waals surface area (Å²) in [5.74, 6) is 1.17. The Morgan fingerprint density at radius 2 is 1.75 bits per heavy atom. The maximum Gasteiger partial charge on any atom is 0.232 e. The topological polar surface area (TPSA) is 64.9 Å². The van der Waals surface area contributed by atoms with E-state index in [2.05, 4.69) is 43.0 Å². The molecule has 1 atom stereocenters. The van der Waals surface area contributed by atoms with Crippen LogP contribution in [0.3, 0.4) is 0 Å². The Morgan fingerprint density at radius 1 is 1.10 bits per heavy atom. The lowest BCUT2D eigenvalue weighted by molar-refractivity contribution is 0.317. The second-order valence-electron chi connectivity index (χ2n) is 7.14. The molecule has 2 aromatic heterocycles. The molecule has 0 amide bonds. The van der Waals surface area contributed by atoms with Gasteiger partial charge in [0.05, 0.1) is 0 Å². The number of hydrogen-bond acceptors (Lipinski definition) is 5. The molecule has 2 rings (SSSR count). The van der Waals surface area contributed by atoms with Crippen LogP contribution in [0.15, 0.2) is 16.7 Å². The Balaban J connectivity index is 2.25. The summed E-state index contributed by atoms with van der Waals surface area (Å²) in [6.07, 6.45) is 0. The van der Waals surface area contributed by atoms with Gasteiger partial charge in [-0.3, -0.25) is 0 Å². The smallest absolute Gasteiger partial charge is 0.232 e. The van der Waals surface area contributed by atoms with E-state index in [1.807, 2.05) is 20.8 Å². The second-order valence-corrected chi connectivity index (χ2v) is 8.25. The molecule has 0 bridgehead atoms. The average Bonchev–Trinajstić information content (AvgIpc) is 2.96. The number of nitrogens with two attached hydrogens (primary N) is 1. The third-order valence-corrected chi connectivity index (χ3v) is 4.63. The van der Waals surface area contributed by atoms with Crippen LogP contribution in [0.25, 0.3) is 0 Å². The van der Waals surface area contributed by atoms with Crippen molar-refractivity contribution in [3.8, 4) is 0 Å². The van der Waals surface area contributed by atoms with Crippen LogP contribution in [0, 0.1) is 0 Å². The number of thiophene rings is 1. The van der Waals surface area contributed by atoms with Gasteiger partial charge in [0.2, 0.25) is 5.89 Å².